The Morgan fingerprint density at radius 3 is 2.65 bits per heavy atom. The van der Waals surface area contributed by atoms with Crippen molar-refractivity contribution in [3.63, 3.8) is 0 Å². The smallest absolute Gasteiger partial charge is 0.0205 e. The largest absolute Gasteiger partial charge is 0.316 e. The van der Waals surface area contributed by atoms with Crippen LogP contribution in [0.4, 0.5) is 0 Å². The predicted octanol–water partition coefficient (Wildman–Crippen LogP) is 2.41. The molecule has 1 saturated heterocycles. The van der Waals surface area contributed by atoms with E-state index in [2.05, 4.69) is 54.8 Å². The normalized spacial score (nSPS) is 24.4. The Morgan fingerprint density at radius 1 is 1.29 bits per heavy atom. The molecule has 0 aromatic heterocycles. The minimum atomic E-state index is 0.453. The SMILES string of the molecule is CC(C)C1(CNCc2ccccc2)CCNC1. The molecule has 0 saturated carbocycles. The summed E-state index contributed by atoms with van der Waals surface area (Å²) in [4.78, 5) is 0. The third-order valence-electron chi connectivity index (χ3n) is 4.15. The zero-order chi connectivity index (χ0) is 12.1. The van der Waals surface area contributed by atoms with E-state index in [-0.39, 0.29) is 0 Å². The van der Waals surface area contributed by atoms with Gasteiger partial charge in [-0.05, 0) is 29.9 Å². The van der Waals surface area contributed by atoms with Crippen LogP contribution in [0.2, 0.25) is 0 Å². The van der Waals surface area contributed by atoms with Crippen molar-refractivity contribution in [3.05, 3.63) is 35.9 Å². The van der Waals surface area contributed by atoms with E-state index in [4.69, 9.17) is 0 Å². The molecule has 1 aromatic rings. The molecular formula is C15H24N2. The van der Waals surface area contributed by atoms with Crippen LogP contribution in [0.3, 0.4) is 0 Å². The summed E-state index contributed by atoms with van der Waals surface area (Å²) >= 11 is 0. The van der Waals surface area contributed by atoms with Gasteiger partial charge in [0.25, 0.3) is 0 Å². The summed E-state index contributed by atoms with van der Waals surface area (Å²) in [5.41, 5.74) is 1.83. The minimum absolute atomic E-state index is 0.453. The number of hydrogen-bond acceptors (Lipinski definition) is 2. The van der Waals surface area contributed by atoms with Crippen molar-refractivity contribution in [2.24, 2.45) is 11.3 Å². The average molecular weight is 232 g/mol. The molecule has 0 amide bonds. The molecule has 2 N–H and O–H groups in total. The molecule has 0 bridgehead atoms. The van der Waals surface area contributed by atoms with Gasteiger partial charge in [-0.15, -0.1) is 0 Å². The Kier molecular flexibility index (Phi) is 4.19. The lowest BCUT2D eigenvalue weighted by Crippen LogP contribution is -2.40. The van der Waals surface area contributed by atoms with Crippen LogP contribution < -0.4 is 10.6 Å². The van der Waals surface area contributed by atoms with Gasteiger partial charge >= 0.3 is 0 Å². The van der Waals surface area contributed by atoms with Crippen molar-refractivity contribution in [1.82, 2.24) is 10.6 Å². The Balaban J connectivity index is 1.84. The van der Waals surface area contributed by atoms with Crippen LogP contribution in [0.1, 0.15) is 25.8 Å². The van der Waals surface area contributed by atoms with Crippen LogP contribution in [0, 0.1) is 11.3 Å². The number of nitrogens with one attached hydrogen (secondary N) is 2. The Bertz CT molecular complexity index is 326. The molecule has 2 heteroatoms. The Labute approximate surface area is 105 Å². The third-order valence-corrected chi connectivity index (χ3v) is 4.15. The molecular weight excluding hydrogens is 208 g/mol. The van der Waals surface area contributed by atoms with E-state index in [9.17, 15) is 0 Å². The molecule has 94 valence electrons. The van der Waals surface area contributed by atoms with Crippen LogP contribution in [0.5, 0.6) is 0 Å². The summed E-state index contributed by atoms with van der Waals surface area (Å²) in [7, 11) is 0. The van der Waals surface area contributed by atoms with Crippen LogP contribution in [-0.2, 0) is 6.54 Å². The van der Waals surface area contributed by atoms with Gasteiger partial charge in [0.2, 0.25) is 0 Å². The first kappa shape index (κ1) is 12.6. The quantitative estimate of drug-likeness (QED) is 0.814. The van der Waals surface area contributed by atoms with Gasteiger partial charge in [-0.2, -0.15) is 0 Å². The first-order chi connectivity index (χ1) is 8.23. The van der Waals surface area contributed by atoms with Gasteiger partial charge in [0.15, 0.2) is 0 Å². The maximum atomic E-state index is 3.63. The fourth-order valence-electron chi connectivity index (χ4n) is 2.66. The second-order valence-electron chi connectivity index (χ2n) is 5.53. The molecule has 1 unspecified atom stereocenters. The van der Waals surface area contributed by atoms with Gasteiger partial charge in [0.1, 0.15) is 0 Å². The molecule has 0 spiro atoms. The summed E-state index contributed by atoms with van der Waals surface area (Å²) in [5.74, 6) is 0.737. The number of hydrogen-bond donors (Lipinski definition) is 2. The lowest BCUT2D eigenvalue weighted by atomic mass is 9.76. The van der Waals surface area contributed by atoms with Gasteiger partial charge in [0, 0.05) is 19.6 Å². The molecule has 2 nitrogen and oxygen atoms in total. The summed E-state index contributed by atoms with van der Waals surface area (Å²) < 4.78 is 0. The molecule has 17 heavy (non-hydrogen) atoms. The fourth-order valence-corrected chi connectivity index (χ4v) is 2.66. The number of rotatable bonds is 5. The topological polar surface area (TPSA) is 24.1 Å². The minimum Gasteiger partial charge on any atom is -0.316 e. The van der Waals surface area contributed by atoms with E-state index in [1.807, 2.05) is 0 Å². The van der Waals surface area contributed by atoms with Crippen molar-refractivity contribution < 1.29 is 0 Å². The van der Waals surface area contributed by atoms with Crippen molar-refractivity contribution in [1.29, 1.82) is 0 Å². The zero-order valence-corrected chi connectivity index (χ0v) is 11.0. The van der Waals surface area contributed by atoms with Crippen LogP contribution >= 0.6 is 0 Å². The van der Waals surface area contributed by atoms with E-state index in [0.29, 0.717) is 5.41 Å². The highest BCUT2D eigenvalue weighted by Crippen LogP contribution is 2.33. The van der Waals surface area contributed by atoms with Gasteiger partial charge < -0.3 is 10.6 Å². The lowest BCUT2D eigenvalue weighted by Gasteiger charge is -2.33. The highest BCUT2D eigenvalue weighted by Gasteiger charge is 2.36. The summed E-state index contributed by atoms with van der Waals surface area (Å²) in [6.07, 6.45) is 1.30. The summed E-state index contributed by atoms with van der Waals surface area (Å²) in [6, 6.07) is 10.6. The summed E-state index contributed by atoms with van der Waals surface area (Å²) in [6.45, 7) is 9.12. The Morgan fingerprint density at radius 2 is 2.06 bits per heavy atom. The molecule has 1 aliphatic heterocycles. The average Bonchev–Trinajstić information content (AvgIpc) is 2.80. The van der Waals surface area contributed by atoms with Gasteiger partial charge in [-0.3, -0.25) is 0 Å². The second-order valence-corrected chi connectivity index (χ2v) is 5.53. The lowest BCUT2D eigenvalue weighted by molar-refractivity contribution is 0.208. The van der Waals surface area contributed by atoms with Crippen LogP contribution in [0.25, 0.3) is 0 Å². The number of benzene rings is 1. The van der Waals surface area contributed by atoms with E-state index < -0.39 is 0 Å². The van der Waals surface area contributed by atoms with Crippen molar-refractivity contribution in [3.8, 4) is 0 Å². The molecule has 2 rings (SSSR count). The van der Waals surface area contributed by atoms with Crippen molar-refractivity contribution >= 4 is 0 Å². The first-order valence-corrected chi connectivity index (χ1v) is 6.68. The van der Waals surface area contributed by atoms with E-state index in [0.717, 1.165) is 25.6 Å². The second kappa shape index (κ2) is 5.65. The van der Waals surface area contributed by atoms with E-state index in [1.165, 1.54) is 18.5 Å². The van der Waals surface area contributed by atoms with E-state index in [1.54, 1.807) is 0 Å². The van der Waals surface area contributed by atoms with Gasteiger partial charge in [0.05, 0.1) is 0 Å². The van der Waals surface area contributed by atoms with Crippen molar-refractivity contribution in [2.75, 3.05) is 19.6 Å². The van der Waals surface area contributed by atoms with Crippen LogP contribution in [-0.4, -0.2) is 19.6 Å². The molecule has 0 radical (unpaired) electrons. The fraction of sp³-hybridized carbons (Fsp3) is 0.600. The molecule has 0 aliphatic carbocycles. The molecule has 1 aliphatic rings. The van der Waals surface area contributed by atoms with Crippen LogP contribution in [0.15, 0.2) is 30.3 Å². The van der Waals surface area contributed by atoms with Gasteiger partial charge in [-0.25, -0.2) is 0 Å². The summed E-state index contributed by atoms with van der Waals surface area (Å²) in [5, 5.41) is 7.13. The zero-order valence-electron chi connectivity index (χ0n) is 11.0. The maximum Gasteiger partial charge on any atom is 0.0205 e. The monoisotopic (exact) mass is 232 g/mol. The molecule has 1 fully saturated rings. The Hall–Kier alpha value is -0.860. The molecule has 1 aromatic carbocycles. The van der Waals surface area contributed by atoms with Gasteiger partial charge in [-0.1, -0.05) is 44.2 Å². The highest BCUT2D eigenvalue weighted by molar-refractivity contribution is 5.14. The maximum absolute atomic E-state index is 3.63. The van der Waals surface area contributed by atoms with E-state index >= 15 is 0 Å². The highest BCUT2D eigenvalue weighted by atomic mass is 15.0. The first-order valence-electron chi connectivity index (χ1n) is 6.68. The third kappa shape index (κ3) is 3.08. The van der Waals surface area contributed by atoms with Crippen molar-refractivity contribution in [2.45, 2.75) is 26.8 Å². The standard InChI is InChI=1S/C15H24N2/c1-13(2)15(8-9-16-11-15)12-17-10-14-6-4-3-5-7-14/h3-7,13,16-17H,8-12H2,1-2H3. The molecule has 1 heterocycles. The molecule has 1 atom stereocenters. The predicted molar refractivity (Wildman–Crippen MR) is 72.9 cm³/mol.